The van der Waals surface area contributed by atoms with Gasteiger partial charge in [0.2, 0.25) is 5.88 Å². The smallest absolute Gasteiger partial charge is 0.255 e. The van der Waals surface area contributed by atoms with Gasteiger partial charge in [0.05, 0.1) is 17.8 Å². The Hall–Kier alpha value is -1.66. The van der Waals surface area contributed by atoms with E-state index in [0.717, 1.165) is 13.1 Å². The molecule has 0 saturated carbocycles. The Labute approximate surface area is 131 Å². The van der Waals surface area contributed by atoms with Crippen LogP contribution in [0.1, 0.15) is 31.1 Å². The van der Waals surface area contributed by atoms with Crippen LogP contribution in [0.5, 0.6) is 5.88 Å². The minimum Gasteiger partial charge on any atom is -0.475 e. The third-order valence-electron chi connectivity index (χ3n) is 3.52. The molecule has 6 heteroatoms. The number of nitrogens with zero attached hydrogens (tertiary/aromatic N) is 3. The number of ether oxygens (including phenoxy) is 1. The molecule has 1 amide bonds. The van der Waals surface area contributed by atoms with Crippen molar-refractivity contribution in [3.63, 3.8) is 0 Å². The predicted octanol–water partition coefficient (Wildman–Crippen LogP) is 1.01. The van der Waals surface area contributed by atoms with Crippen LogP contribution in [-0.4, -0.2) is 70.7 Å². The van der Waals surface area contributed by atoms with Crippen molar-refractivity contribution in [1.82, 2.24) is 14.8 Å². The number of hydrogen-bond donors (Lipinski definition) is 1. The molecule has 0 aliphatic carbocycles. The minimum absolute atomic E-state index is 0.000272. The Kier molecular flexibility index (Phi) is 5.74. The summed E-state index contributed by atoms with van der Waals surface area (Å²) < 4.78 is 5.48. The topological polar surface area (TPSA) is 65.9 Å². The van der Waals surface area contributed by atoms with Gasteiger partial charge in [-0.1, -0.05) is 0 Å². The molecule has 1 aromatic heterocycles. The highest BCUT2D eigenvalue weighted by atomic mass is 16.5. The highest BCUT2D eigenvalue weighted by Gasteiger charge is 2.22. The van der Waals surface area contributed by atoms with E-state index in [0.29, 0.717) is 31.1 Å². The first kappa shape index (κ1) is 16.7. The van der Waals surface area contributed by atoms with Crippen LogP contribution in [0.4, 0.5) is 0 Å². The van der Waals surface area contributed by atoms with E-state index in [9.17, 15) is 9.90 Å². The van der Waals surface area contributed by atoms with Crippen LogP contribution in [0, 0.1) is 0 Å². The fraction of sp³-hybridized carbons (Fsp3) is 0.625. The van der Waals surface area contributed by atoms with Crippen molar-refractivity contribution in [3.05, 3.63) is 23.9 Å². The zero-order valence-corrected chi connectivity index (χ0v) is 13.5. The molecule has 1 N–H and O–H groups in total. The van der Waals surface area contributed by atoms with E-state index < -0.39 is 0 Å². The third-order valence-corrected chi connectivity index (χ3v) is 3.52. The number of aromatic nitrogens is 1. The summed E-state index contributed by atoms with van der Waals surface area (Å²) in [6.45, 7) is 9.25. The molecule has 2 rings (SSSR count). The molecule has 1 aromatic rings. The van der Waals surface area contributed by atoms with Crippen molar-refractivity contribution in [3.8, 4) is 5.88 Å². The van der Waals surface area contributed by atoms with Gasteiger partial charge in [-0.25, -0.2) is 4.98 Å². The molecule has 1 aliphatic heterocycles. The lowest BCUT2D eigenvalue weighted by atomic mass is 10.2. The molecule has 0 radical (unpaired) electrons. The molecule has 1 unspecified atom stereocenters. The molecule has 0 spiro atoms. The Bertz CT molecular complexity index is 480. The van der Waals surface area contributed by atoms with Gasteiger partial charge in [-0.15, -0.1) is 0 Å². The second-order valence-corrected chi connectivity index (χ2v) is 5.99. The van der Waals surface area contributed by atoms with Gasteiger partial charge in [0.15, 0.2) is 0 Å². The first-order valence-corrected chi connectivity index (χ1v) is 7.78. The van der Waals surface area contributed by atoms with E-state index in [1.807, 2.05) is 18.7 Å². The fourth-order valence-electron chi connectivity index (χ4n) is 2.51. The maximum Gasteiger partial charge on any atom is 0.255 e. The molecule has 1 atom stereocenters. The van der Waals surface area contributed by atoms with Crippen molar-refractivity contribution in [2.24, 2.45) is 0 Å². The van der Waals surface area contributed by atoms with E-state index in [4.69, 9.17) is 4.74 Å². The molecule has 2 heterocycles. The summed E-state index contributed by atoms with van der Waals surface area (Å²) in [4.78, 5) is 20.6. The Morgan fingerprint density at radius 3 is 2.45 bits per heavy atom. The van der Waals surface area contributed by atoms with Gasteiger partial charge in [-0.3, -0.25) is 9.69 Å². The fourth-order valence-corrected chi connectivity index (χ4v) is 2.51. The standard InChI is InChI=1S/C16H25N3O3/c1-12(2)22-15-5-4-14(10-17-15)16(21)19-8-6-18(7-9-19)11-13(3)20/h4-5,10,12-13,20H,6-9,11H2,1-3H3. The first-order valence-electron chi connectivity index (χ1n) is 7.78. The molecular formula is C16H25N3O3. The largest absolute Gasteiger partial charge is 0.475 e. The van der Waals surface area contributed by atoms with E-state index in [-0.39, 0.29) is 18.1 Å². The number of hydrogen-bond acceptors (Lipinski definition) is 5. The van der Waals surface area contributed by atoms with Crippen LogP contribution in [0.2, 0.25) is 0 Å². The monoisotopic (exact) mass is 307 g/mol. The number of pyridine rings is 1. The van der Waals surface area contributed by atoms with Crippen LogP contribution < -0.4 is 4.74 Å². The SMILES string of the molecule is CC(O)CN1CCN(C(=O)c2ccc(OC(C)C)nc2)CC1. The van der Waals surface area contributed by atoms with Crippen molar-refractivity contribution in [2.75, 3.05) is 32.7 Å². The lowest BCUT2D eigenvalue weighted by molar-refractivity contribution is 0.0553. The minimum atomic E-state index is -0.333. The van der Waals surface area contributed by atoms with Gasteiger partial charge in [-0.2, -0.15) is 0 Å². The molecule has 122 valence electrons. The number of carbonyl (C=O) groups is 1. The van der Waals surface area contributed by atoms with Crippen LogP contribution in [0.3, 0.4) is 0 Å². The Morgan fingerprint density at radius 1 is 1.27 bits per heavy atom. The lowest BCUT2D eigenvalue weighted by Gasteiger charge is -2.35. The van der Waals surface area contributed by atoms with Gasteiger partial charge in [0, 0.05) is 45.0 Å². The van der Waals surface area contributed by atoms with Crippen LogP contribution in [-0.2, 0) is 0 Å². The van der Waals surface area contributed by atoms with Gasteiger partial charge < -0.3 is 14.7 Å². The summed E-state index contributed by atoms with van der Waals surface area (Å²) in [6, 6.07) is 3.49. The molecule has 0 aromatic carbocycles. The maximum absolute atomic E-state index is 12.4. The zero-order valence-electron chi connectivity index (χ0n) is 13.5. The number of piperazine rings is 1. The number of rotatable bonds is 5. The van der Waals surface area contributed by atoms with Gasteiger partial charge in [-0.05, 0) is 26.8 Å². The number of carbonyl (C=O) groups excluding carboxylic acids is 1. The normalized spacial score (nSPS) is 17.6. The Balaban J connectivity index is 1.89. The second kappa shape index (κ2) is 7.56. The average Bonchev–Trinajstić information content (AvgIpc) is 2.47. The molecule has 1 aliphatic rings. The van der Waals surface area contributed by atoms with Crippen molar-refractivity contribution in [2.45, 2.75) is 33.0 Å². The zero-order chi connectivity index (χ0) is 16.1. The number of aliphatic hydroxyl groups is 1. The summed E-state index contributed by atoms with van der Waals surface area (Å²) >= 11 is 0. The van der Waals surface area contributed by atoms with Crippen LogP contribution in [0.25, 0.3) is 0 Å². The van der Waals surface area contributed by atoms with E-state index >= 15 is 0 Å². The average molecular weight is 307 g/mol. The first-order chi connectivity index (χ1) is 10.5. The van der Waals surface area contributed by atoms with Crippen LogP contribution >= 0.6 is 0 Å². The lowest BCUT2D eigenvalue weighted by Crippen LogP contribution is -2.50. The molecule has 22 heavy (non-hydrogen) atoms. The van der Waals surface area contributed by atoms with E-state index in [1.54, 1.807) is 25.3 Å². The highest BCUT2D eigenvalue weighted by Crippen LogP contribution is 2.13. The quantitative estimate of drug-likeness (QED) is 0.879. The molecular weight excluding hydrogens is 282 g/mol. The maximum atomic E-state index is 12.4. The Morgan fingerprint density at radius 2 is 1.95 bits per heavy atom. The van der Waals surface area contributed by atoms with E-state index in [2.05, 4.69) is 9.88 Å². The summed E-state index contributed by atoms with van der Waals surface area (Å²) in [5.41, 5.74) is 0.583. The summed E-state index contributed by atoms with van der Waals surface area (Å²) in [5.74, 6) is 0.536. The number of β-amino-alcohol motifs (C(OH)–C–C–N with tert-alkyl or cyclic N) is 1. The molecule has 6 nitrogen and oxygen atoms in total. The third kappa shape index (κ3) is 4.68. The number of aliphatic hydroxyl groups excluding tert-OH is 1. The molecule has 1 saturated heterocycles. The summed E-state index contributed by atoms with van der Waals surface area (Å²) in [5, 5.41) is 9.40. The predicted molar refractivity (Wildman–Crippen MR) is 84.0 cm³/mol. The summed E-state index contributed by atoms with van der Waals surface area (Å²) in [6.07, 6.45) is 1.30. The van der Waals surface area contributed by atoms with Crippen molar-refractivity contribution >= 4 is 5.91 Å². The summed E-state index contributed by atoms with van der Waals surface area (Å²) in [7, 11) is 0. The highest BCUT2D eigenvalue weighted by molar-refractivity contribution is 5.94. The molecule has 0 bridgehead atoms. The number of amides is 1. The molecule has 1 fully saturated rings. The van der Waals surface area contributed by atoms with Gasteiger partial charge in [0.1, 0.15) is 0 Å². The van der Waals surface area contributed by atoms with E-state index in [1.165, 1.54) is 0 Å². The van der Waals surface area contributed by atoms with Crippen molar-refractivity contribution < 1.29 is 14.6 Å². The second-order valence-electron chi connectivity index (χ2n) is 5.99. The van der Waals surface area contributed by atoms with Gasteiger partial charge in [0.25, 0.3) is 5.91 Å². The van der Waals surface area contributed by atoms with Gasteiger partial charge >= 0.3 is 0 Å². The van der Waals surface area contributed by atoms with Crippen LogP contribution in [0.15, 0.2) is 18.3 Å². The van der Waals surface area contributed by atoms with Crippen molar-refractivity contribution in [1.29, 1.82) is 0 Å².